The molecule has 0 aliphatic heterocycles. The van der Waals surface area contributed by atoms with E-state index in [2.05, 4.69) is 56.0 Å². The van der Waals surface area contributed by atoms with Gasteiger partial charge in [-0.25, -0.2) is 9.67 Å². The first-order chi connectivity index (χ1) is 19.3. The molecular weight excluding hydrogens is 500 g/mol. The van der Waals surface area contributed by atoms with E-state index in [1.54, 1.807) is 19.3 Å². The molecule has 0 bridgehead atoms. The SMILES string of the molecule is C=Cn1nc(N)c(C(=O)N[C@H](C)c2[nH]c3cccc(C#Cc4cnn(C)c4C)c3c2-c2ccccc2)c1N=CC. The Labute approximate surface area is 232 Å². The number of amides is 1. The summed E-state index contributed by atoms with van der Waals surface area (Å²) in [6.45, 7) is 9.41. The molecule has 3 aromatic heterocycles. The second kappa shape index (κ2) is 10.8. The molecule has 0 spiro atoms. The number of aryl methyl sites for hydroxylation is 1. The van der Waals surface area contributed by atoms with Crippen molar-refractivity contribution >= 4 is 40.9 Å². The van der Waals surface area contributed by atoms with E-state index < -0.39 is 6.04 Å². The van der Waals surface area contributed by atoms with E-state index >= 15 is 0 Å². The number of H-pyrrole nitrogens is 1. The number of aromatic amines is 1. The lowest BCUT2D eigenvalue weighted by molar-refractivity contribution is 0.0941. The summed E-state index contributed by atoms with van der Waals surface area (Å²) < 4.78 is 3.20. The molecule has 9 nitrogen and oxygen atoms in total. The molecule has 200 valence electrons. The Bertz CT molecular complexity index is 1830. The van der Waals surface area contributed by atoms with Crippen molar-refractivity contribution in [2.75, 3.05) is 5.73 Å². The maximum Gasteiger partial charge on any atom is 0.259 e. The van der Waals surface area contributed by atoms with E-state index in [-0.39, 0.29) is 17.3 Å². The number of aliphatic imine (C=N–C) groups is 1. The van der Waals surface area contributed by atoms with Gasteiger partial charge in [0, 0.05) is 47.2 Å². The Morgan fingerprint density at radius 1 is 1.18 bits per heavy atom. The van der Waals surface area contributed by atoms with Crippen molar-refractivity contribution in [2.24, 2.45) is 12.0 Å². The third-order valence-electron chi connectivity index (χ3n) is 6.83. The second-order valence-corrected chi connectivity index (χ2v) is 9.32. The molecule has 0 saturated heterocycles. The molecule has 4 N–H and O–H groups in total. The van der Waals surface area contributed by atoms with Crippen LogP contribution in [0.5, 0.6) is 0 Å². The number of nitrogens with one attached hydrogen (secondary N) is 2. The highest BCUT2D eigenvalue weighted by atomic mass is 16.1. The van der Waals surface area contributed by atoms with Crippen LogP contribution >= 0.6 is 0 Å². The fourth-order valence-electron chi connectivity index (χ4n) is 4.73. The summed E-state index contributed by atoms with van der Waals surface area (Å²) in [7, 11) is 1.90. The van der Waals surface area contributed by atoms with Gasteiger partial charge in [0.05, 0.1) is 23.5 Å². The first-order valence-corrected chi connectivity index (χ1v) is 12.8. The molecule has 3 heterocycles. The topological polar surface area (TPSA) is 119 Å². The molecule has 0 aliphatic rings. The monoisotopic (exact) mass is 530 g/mol. The number of fused-ring (bicyclic) bond motifs is 1. The van der Waals surface area contributed by atoms with Crippen LogP contribution in [0.2, 0.25) is 0 Å². The molecule has 1 atom stereocenters. The van der Waals surface area contributed by atoms with Crippen LogP contribution in [0, 0.1) is 18.8 Å². The highest BCUT2D eigenvalue weighted by Gasteiger charge is 2.26. The molecule has 0 aliphatic carbocycles. The first-order valence-electron chi connectivity index (χ1n) is 12.8. The van der Waals surface area contributed by atoms with Crippen LogP contribution in [0.25, 0.3) is 28.2 Å². The van der Waals surface area contributed by atoms with Crippen LogP contribution in [-0.2, 0) is 7.05 Å². The van der Waals surface area contributed by atoms with Crippen LogP contribution in [-0.4, -0.2) is 36.7 Å². The summed E-state index contributed by atoms with van der Waals surface area (Å²) in [4.78, 5) is 21.3. The smallest absolute Gasteiger partial charge is 0.259 e. The maximum absolute atomic E-state index is 13.5. The Morgan fingerprint density at radius 2 is 1.93 bits per heavy atom. The fraction of sp³-hybridized carbons (Fsp3) is 0.161. The normalized spacial score (nSPS) is 11.9. The van der Waals surface area contributed by atoms with E-state index in [1.807, 2.05) is 62.0 Å². The van der Waals surface area contributed by atoms with Gasteiger partial charge >= 0.3 is 0 Å². The lowest BCUT2D eigenvalue weighted by Crippen LogP contribution is -2.27. The minimum Gasteiger partial charge on any atom is -0.381 e. The zero-order chi connectivity index (χ0) is 28.4. The number of benzene rings is 2. The van der Waals surface area contributed by atoms with Crippen molar-refractivity contribution in [2.45, 2.75) is 26.8 Å². The van der Waals surface area contributed by atoms with Crippen molar-refractivity contribution < 1.29 is 4.79 Å². The molecule has 5 rings (SSSR count). The molecule has 0 fully saturated rings. The molecule has 0 unspecified atom stereocenters. The van der Waals surface area contributed by atoms with Crippen LogP contribution in [0.3, 0.4) is 0 Å². The molecule has 40 heavy (non-hydrogen) atoms. The van der Waals surface area contributed by atoms with Gasteiger partial charge in [-0.2, -0.15) is 5.10 Å². The summed E-state index contributed by atoms with van der Waals surface area (Å²) >= 11 is 0. The fourth-order valence-corrected chi connectivity index (χ4v) is 4.73. The van der Waals surface area contributed by atoms with E-state index in [0.717, 1.165) is 44.5 Å². The highest BCUT2D eigenvalue weighted by Crippen LogP contribution is 2.38. The number of rotatable bonds is 6. The molecule has 0 saturated carbocycles. The van der Waals surface area contributed by atoms with Crippen molar-refractivity contribution in [1.29, 1.82) is 0 Å². The van der Waals surface area contributed by atoms with Crippen LogP contribution in [0.15, 0.2) is 66.3 Å². The average molecular weight is 531 g/mol. The Balaban J connectivity index is 1.62. The molecular formula is C31H30N8O. The third-order valence-corrected chi connectivity index (χ3v) is 6.83. The Hall–Kier alpha value is -5.36. The quantitative estimate of drug-likeness (QED) is 0.202. The zero-order valence-corrected chi connectivity index (χ0v) is 22.9. The lowest BCUT2D eigenvalue weighted by Gasteiger charge is -2.16. The Kier molecular flexibility index (Phi) is 7.08. The first kappa shape index (κ1) is 26.3. The predicted molar refractivity (Wildman–Crippen MR) is 160 cm³/mol. The van der Waals surface area contributed by atoms with E-state index in [0.29, 0.717) is 5.82 Å². The summed E-state index contributed by atoms with van der Waals surface area (Å²) in [5.41, 5.74) is 12.8. The highest BCUT2D eigenvalue weighted by molar-refractivity contribution is 6.05. The van der Waals surface area contributed by atoms with Crippen molar-refractivity contribution in [3.8, 4) is 23.0 Å². The molecule has 5 aromatic rings. The van der Waals surface area contributed by atoms with E-state index in [9.17, 15) is 4.79 Å². The van der Waals surface area contributed by atoms with Crippen molar-refractivity contribution in [3.05, 3.63) is 89.4 Å². The number of carbonyl (C=O) groups is 1. The third kappa shape index (κ3) is 4.67. The van der Waals surface area contributed by atoms with E-state index in [4.69, 9.17) is 5.73 Å². The Morgan fingerprint density at radius 3 is 2.60 bits per heavy atom. The number of nitrogen functional groups attached to an aromatic ring is 1. The van der Waals surface area contributed by atoms with Gasteiger partial charge < -0.3 is 16.0 Å². The summed E-state index contributed by atoms with van der Waals surface area (Å²) in [6.07, 6.45) is 4.81. The number of nitrogens with zero attached hydrogens (tertiary/aromatic N) is 5. The number of anilines is 1. The van der Waals surface area contributed by atoms with Gasteiger partial charge in [0.2, 0.25) is 0 Å². The lowest BCUT2D eigenvalue weighted by atomic mass is 9.96. The van der Waals surface area contributed by atoms with Gasteiger partial charge in [-0.3, -0.25) is 9.48 Å². The number of hydrogen-bond acceptors (Lipinski definition) is 5. The van der Waals surface area contributed by atoms with Gasteiger partial charge in [-0.05, 0) is 38.5 Å². The van der Waals surface area contributed by atoms with Crippen molar-refractivity contribution in [3.63, 3.8) is 0 Å². The predicted octanol–water partition coefficient (Wildman–Crippen LogP) is 5.37. The van der Waals surface area contributed by atoms with Gasteiger partial charge in [-0.1, -0.05) is 54.8 Å². The summed E-state index contributed by atoms with van der Waals surface area (Å²) in [5, 5.41) is 12.6. The van der Waals surface area contributed by atoms with E-state index in [1.165, 1.54) is 10.9 Å². The number of aromatic nitrogens is 5. The number of nitrogens with two attached hydrogens (primary N) is 1. The zero-order valence-electron chi connectivity index (χ0n) is 22.9. The molecule has 9 heteroatoms. The van der Waals surface area contributed by atoms with Gasteiger partial charge in [0.25, 0.3) is 5.91 Å². The minimum atomic E-state index is -0.415. The van der Waals surface area contributed by atoms with Crippen LogP contribution < -0.4 is 11.1 Å². The van der Waals surface area contributed by atoms with Crippen LogP contribution in [0.1, 0.15) is 52.8 Å². The molecule has 0 radical (unpaired) electrons. The van der Waals surface area contributed by atoms with Gasteiger partial charge in [-0.15, -0.1) is 5.10 Å². The summed E-state index contributed by atoms with van der Waals surface area (Å²) in [6, 6.07) is 15.6. The largest absolute Gasteiger partial charge is 0.381 e. The minimum absolute atomic E-state index is 0.0772. The second-order valence-electron chi connectivity index (χ2n) is 9.32. The number of hydrogen-bond donors (Lipinski definition) is 3. The van der Waals surface area contributed by atoms with Gasteiger partial charge in [0.1, 0.15) is 5.56 Å². The van der Waals surface area contributed by atoms with Gasteiger partial charge in [0.15, 0.2) is 11.6 Å². The van der Waals surface area contributed by atoms with Crippen LogP contribution in [0.4, 0.5) is 11.6 Å². The standard InChI is InChI=1S/C31H30N8O/c1-6-33-30-27(29(32)37-39(30)7-2)31(40)35-19(3)28-26(21-12-9-8-10-13-21)25-22(14-11-15-24(25)36-28)16-17-23-18-34-38(5)20(23)4/h6-15,18-19,36H,2H2,1,3-5H3,(H2,32,37)(H,35,40)/t19-/m1/s1. The average Bonchev–Trinajstić information content (AvgIpc) is 3.61. The maximum atomic E-state index is 13.5. The van der Waals surface area contributed by atoms with Crippen molar-refractivity contribution in [1.82, 2.24) is 29.9 Å². The molecule has 1 amide bonds. The molecule has 2 aromatic carbocycles. The summed E-state index contributed by atoms with van der Waals surface area (Å²) in [5.74, 6) is 6.66. The number of carbonyl (C=O) groups excluding carboxylic acids is 1.